The molecule has 1 atom stereocenters. The van der Waals surface area contributed by atoms with E-state index in [-0.39, 0.29) is 24.4 Å². The highest BCUT2D eigenvalue weighted by molar-refractivity contribution is 5.90. The van der Waals surface area contributed by atoms with Gasteiger partial charge in [-0.25, -0.2) is 0 Å². The number of amides is 2. The van der Waals surface area contributed by atoms with Gasteiger partial charge in [0.2, 0.25) is 11.8 Å². The van der Waals surface area contributed by atoms with E-state index in [2.05, 4.69) is 0 Å². The quantitative estimate of drug-likeness (QED) is 0.683. The highest BCUT2D eigenvalue weighted by atomic mass is 16.2. The fraction of sp³-hybridized carbons (Fsp3) is 0.818. The number of carbonyl (C=O) groups excluding carboxylic acids is 2. The van der Waals surface area contributed by atoms with Gasteiger partial charge in [0.25, 0.3) is 0 Å². The van der Waals surface area contributed by atoms with Crippen LogP contribution in [0.3, 0.4) is 0 Å². The molecule has 0 aromatic heterocycles. The average molecular weight is 227 g/mol. The molecule has 1 aliphatic rings. The van der Waals surface area contributed by atoms with Crippen molar-refractivity contribution in [2.24, 2.45) is 17.4 Å². The first-order valence-corrected chi connectivity index (χ1v) is 5.65. The van der Waals surface area contributed by atoms with E-state index in [4.69, 9.17) is 11.5 Å². The molecule has 1 rings (SSSR count). The molecule has 1 saturated carbocycles. The molecule has 1 fully saturated rings. The lowest BCUT2D eigenvalue weighted by molar-refractivity contribution is -0.142. The molecule has 0 aromatic rings. The zero-order chi connectivity index (χ0) is 12.5. The number of nitrogens with two attached hydrogens (primary N) is 2. The van der Waals surface area contributed by atoms with E-state index >= 15 is 0 Å². The summed E-state index contributed by atoms with van der Waals surface area (Å²) in [7, 11) is 0. The lowest BCUT2D eigenvalue weighted by Crippen LogP contribution is -2.58. The van der Waals surface area contributed by atoms with Crippen molar-refractivity contribution in [2.75, 3.05) is 6.54 Å². The van der Waals surface area contributed by atoms with Crippen LogP contribution in [0.4, 0.5) is 0 Å². The van der Waals surface area contributed by atoms with Crippen molar-refractivity contribution in [2.45, 2.75) is 45.2 Å². The van der Waals surface area contributed by atoms with Crippen LogP contribution in [0.5, 0.6) is 0 Å². The molecule has 0 spiro atoms. The van der Waals surface area contributed by atoms with Gasteiger partial charge in [-0.15, -0.1) is 0 Å². The Labute approximate surface area is 96.1 Å². The van der Waals surface area contributed by atoms with Gasteiger partial charge in [-0.3, -0.25) is 9.59 Å². The lowest BCUT2D eigenvalue weighted by Gasteiger charge is -2.33. The van der Waals surface area contributed by atoms with E-state index in [1.54, 1.807) is 6.92 Å². The molecular weight excluding hydrogens is 206 g/mol. The van der Waals surface area contributed by atoms with Crippen molar-refractivity contribution >= 4 is 11.8 Å². The number of hydrogen-bond donors (Lipinski definition) is 2. The maximum Gasteiger partial charge on any atom is 0.243 e. The second-order valence-corrected chi connectivity index (χ2v) is 5.05. The normalized spacial score (nSPS) is 19.3. The predicted molar refractivity (Wildman–Crippen MR) is 61.4 cm³/mol. The smallest absolute Gasteiger partial charge is 0.243 e. The highest BCUT2D eigenvalue weighted by Gasteiger charge is 2.46. The molecule has 0 heterocycles. The Morgan fingerprint density at radius 3 is 2.25 bits per heavy atom. The van der Waals surface area contributed by atoms with E-state index in [9.17, 15) is 9.59 Å². The molecule has 0 bridgehead atoms. The Morgan fingerprint density at radius 2 is 1.94 bits per heavy atom. The Bertz CT molecular complexity index is 296. The largest absolute Gasteiger partial charge is 0.368 e. The van der Waals surface area contributed by atoms with Gasteiger partial charge < -0.3 is 16.4 Å². The summed E-state index contributed by atoms with van der Waals surface area (Å²) in [4.78, 5) is 24.6. The minimum atomic E-state index is -0.861. The van der Waals surface area contributed by atoms with Crippen molar-refractivity contribution < 1.29 is 9.59 Å². The molecule has 0 radical (unpaired) electrons. The van der Waals surface area contributed by atoms with Gasteiger partial charge in [0.15, 0.2) is 0 Å². The fourth-order valence-electron chi connectivity index (χ4n) is 1.82. The van der Waals surface area contributed by atoms with Crippen LogP contribution in [-0.4, -0.2) is 34.8 Å². The van der Waals surface area contributed by atoms with Gasteiger partial charge in [0.05, 0.1) is 12.1 Å². The van der Waals surface area contributed by atoms with Crippen molar-refractivity contribution in [1.82, 2.24) is 4.90 Å². The zero-order valence-electron chi connectivity index (χ0n) is 10.2. The average Bonchev–Trinajstić information content (AvgIpc) is 2.95. The summed E-state index contributed by atoms with van der Waals surface area (Å²) in [6.07, 6.45) is 1.97. The van der Waals surface area contributed by atoms with E-state index in [0.717, 1.165) is 12.8 Å². The van der Waals surface area contributed by atoms with Crippen LogP contribution in [-0.2, 0) is 9.59 Å². The topological polar surface area (TPSA) is 89.4 Å². The zero-order valence-corrected chi connectivity index (χ0v) is 10.2. The minimum Gasteiger partial charge on any atom is -0.368 e. The maximum atomic E-state index is 12.2. The molecule has 0 aromatic carbocycles. The van der Waals surface area contributed by atoms with Crippen LogP contribution in [0.1, 0.15) is 33.6 Å². The molecular formula is C11H21N3O2. The predicted octanol–water partition coefficient (Wildman–Crippen LogP) is -0.164. The first-order chi connectivity index (χ1) is 7.26. The first kappa shape index (κ1) is 13.0. The Kier molecular flexibility index (Phi) is 3.57. The van der Waals surface area contributed by atoms with Crippen LogP contribution >= 0.6 is 0 Å². The monoisotopic (exact) mass is 227 g/mol. The molecule has 5 nitrogen and oxygen atoms in total. The van der Waals surface area contributed by atoms with Gasteiger partial charge in [-0.1, -0.05) is 0 Å². The Morgan fingerprint density at radius 1 is 1.44 bits per heavy atom. The highest BCUT2D eigenvalue weighted by Crippen LogP contribution is 2.39. The number of nitrogens with zero attached hydrogens (tertiary/aromatic N) is 1. The molecule has 0 aliphatic heterocycles. The van der Waals surface area contributed by atoms with Crippen LogP contribution in [0.25, 0.3) is 0 Å². The summed E-state index contributed by atoms with van der Waals surface area (Å²) in [6, 6.07) is -0.0679. The molecule has 4 N–H and O–H groups in total. The van der Waals surface area contributed by atoms with Gasteiger partial charge in [0.1, 0.15) is 0 Å². The van der Waals surface area contributed by atoms with Crippen LogP contribution in [0.15, 0.2) is 0 Å². The van der Waals surface area contributed by atoms with Gasteiger partial charge in [0, 0.05) is 6.04 Å². The summed E-state index contributed by atoms with van der Waals surface area (Å²) < 4.78 is 0. The van der Waals surface area contributed by atoms with E-state index in [0.29, 0.717) is 0 Å². The maximum absolute atomic E-state index is 12.2. The van der Waals surface area contributed by atoms with Gasteiger partial charge >= 0.3 is 0 Å². The molecule has 5 heteroatoms. The summed E-state index contributed by atoms with van der Waals surface area (Å²) in [5.41, 5.74) is 10.3. The van der Waals surface area contributed by atoms with Crippen molar-refractivity contribution in [3.63, 3.8) is 0 Å². The van der Waals surface area contributed by atoms with E-state index < -0.39 is 11.4 Å². The summed E-state index contributed by atoms with van der Waals surface area (Å²) in [5, 5.41) is 0. The van der Waals surface area contributed by atoms with Crippen LogP contribution in [0.2, 0.25) is 0 Å². The summed E-state index contributed by atoms with van der Waals surface area (Å²) in [5.74, 6) is -0.438. The van der Waals surface area contributed by atoms with E-state index in [1.165, 1.54) is 4.90 Å². The van der Waals surface area contributed by atoms with Crippen molar-refractivity contribution in [3.8, 4) is 0 Å². The number of primary amides is 1. The number of hydrogen-bond acceptors (Lipinski definition) is 3. The molecule has 1 aliphatic carbocycles. The SMILES string of the molecule is CC(C)N(CC(N)=O)C(=O)C(C)(N)C1CC1. The Balaban J connectivity index is 2.77. The second kappa shape index (κ2) is 4.41. The third-order valence-electron chi connectivity index (χ3n) is 3.10. The van der Waals surface area contributed by atoms with Crippen LogP contribution in [0, 0.1) is 5.92 Å². The summed E-state index contributed by atoms with van der Waals surface area (Å²) >= 11 is 0. The number of carbonyl (C=O) groups is 2. The fourth-order valence-corrected chi connectivity index (χ4v) is 1.82. The lowest BCUT2D eigenvalue weighted by atomic mass is 9.94. The third kappa shape index (κ3) is 2.72. The number of rotatable bonds is 5. The molecule has 92 valence electrons. The molecule has 0 saturated heterocycles. The van der Waals surface area contributed by atoms with Gasteiger partial charge in [-0.2, -0.15) is 0 Å². The summed E-state index contributed by atoms with van der Waals surface area (Å²) in [6.45, 7) is 5.38. The third-order valence-corrected chi connectivity index (χ3v) is 3.10. The first-order valence-electron chi connectivity index (χ1n) is 5.65. The van der Waals surface area contributed by atoms with Crippen LogP contribution < -0.4 is 11.5 Å². The Hall–Kier alpha value is -1.10. The van der Waals surface area contributed by atoms with Gasteiger partial charge in [-0.05, 0) is 39.5 Å². The molecule has 1 unspecified atom stereocenters. The van der Waals surface area contributed by atoms with Crippen molar-refractivity contribution in [3.05, 3.63) is 0 Å². The van der Waals surface area contributed by atoms with E-state index in [1.807, 2.05) is 13.8 Å². The standard InChI is InChI=1S/C11H21N3O2/c1-7(2)14(6-9(12)15)10(16)11(3,13)8-4-5-8/h7-8H,4-6,13H2,1-3H3,(H2,12,15). The molecule has 16 heavy (non-hydrogen) atoms. The van der Waals surface area contributed by atoms with Crippen molar-refractivity contribution in [1.29, 1.82) is 0 Å². The minimum absolute atomic E-state index is 0.0595. The molecule has 2 amide bonds. The second-order valence-electron chi connectivity index (χ2n) is 5.05.